The predicted molar refractivity (Wildman–Crippen MR) is 85.8 cm³/mol. The number of fused-ring (bicyclic) bond motifs is 1. The van der Waals surface area contributed by atoms with Crippen molar-refractivity contribution in [1.82, 2.24) is 5.32 Å². The topological polar surface area (TPSA) is 55.1 Å². The maximum absolute atomic E-state index is 12.4. The zero-order valence-corrected chi connectivity index (χ0v) is 12.3. The Hall–Kier alpha value is -1.87. The van der Waals surface area contributed by atoms with E-state index < -0.39 is 5.54 Å². The van der Waals surface area contributed by atoms with E-state index >= 15 is 0 Å². The molecule has 0 radical (unpaired) electrons. The first kappa shape index (κ1) is 14.1. The summed E-state index contributed by atoms with van der Waals surface area (Å²) in [5.41, 5.74) is 6.74. The van der Waals surface area contributed by atoms with Crippen LogP contribution < -0.4 is 11.1 Å². The largest absolute Gasteiger partial charge is 0.350 e. The van der Waals surface area contributed by atoms with Crippen LogP contribution in [0, 0.1) is 0 Å². The van der Waals surface area contributed by atoms with E-state index in [-0.39, 0.29) is 5.91 Å². The molecule has 0 unspecified atom stereocenters. The lowest BCUT2D eigenvalue weighted by Crippen LogP contribution is -2.54. The van der Waals surface area contributed by atoms with Crippen LogP contribution in [0.4, 0.5) is 0 Å². The van der Waals surface area contributed by atoms with Gasteiger partial charge in [0.15, 0.2) is 0 Å². The number of nitrogens with two attached hydrogens (primary N) is 1. The van der Waals surface area contributed by atoms with Gasteiger partial charge in [0, 0.05) is 6.54 Å². The van der Waals surface area contributed by atoms with E-state index in [0.29, 0.717) is 6.54 Å². The molecule has 0 atom stereocenters. The summed E-state index contributed by atoms with van der Waals surface area (Å²) < 4.78 is 0. The fraction of sp³-hybridized carbons (Fsp3) is 0.389. The molecule has 1 saturated carbocycles. The molecule has 0 saturated heterocycles. The minimum Gasteiger partial charge on any atom is -0.350 e. The molecule has 3 rings (SSSR count). The summed E-state index contributed by atoms with van der Waals surface area (Å²) in [7, 11) is 0. The molecule has 3 nitrogen and oxygen atoms in total. The summed E-state index contributed by atoms with van der Waals surface area (Å²) in [6.07, 6.45) is 4.90. The van der Waals surface area contributed by atoms with Crippen molar-refractivity contribution < 1.29 is 4.79 Å². The maximum atomic E-state index is 12.4. The van der Waals surface area contributed by atoms with Crippen molar-refractivity contribution in [3.8, 4) is 0 Å². The fourth-order valence-electron chi connectivity index (χ4n) is 3.21. The van der Waals surface area contributed by atoms with Gasteiger partial charge in [-0.05, 0) is 29.2 Å². The molecule has 0 bridgehead atoms. The Labute approximate surface area is 125 Å². The number of benzene rings is 2. The van der Waals surface area contributed by atoms with Crippen molar-refractivity contribution >= 4 is 16.7 Å². The van der Waals surface area contributed by atoms with E-state index in [1.165, 1.54) is 17.2 Å². The molecule has 1 aliphatic carbocycles. The highest BCUT2D eigenvalue weighted by Crippen LogP contribution is 2.26. The molecule has 0 aromatic heterocycles. The first-order chi connectivity index (χ1) is 10.2. The van der Waals surface area contributed by atoms with Crippen LogP contribution in [0.3, 0.4) is 0 Å². The molecule has 0 heterocycles. The molecule has 3 heteroatoms. The Kier molecular flexibility index (Phi) is 3.93. The number of amides is 1. The van der Waals surface area contributed by atoms with Crippen molar-refractivity contribution in [2.45, 2.75) is 44.2 Å². The summed E-state index contributed by atoms with van der Waals surface area (Å²) in [4.78, 5) is 12.4. The van der Waals surface area contributed by atoms with Crippen molar-refractivity contribution in [1.29, 1.82) is 0 Å². The average molecular weight is 282 g/mol. The van der Waals surface area contributed by atoms with Crippen LogP contribution in [0.1, 0.15) is 37.7 Å². The number of carbonyl (C=O) groups is 1. The van der Waals surface area contributed by atoms with Crippen molar-refractivity contribution in [3.63, 3.8) is 0 Å². The van der Waals surface area contributed by atoms with Gasteiger partial charge in [-0.25, -0.2) is 0 Å². The van der Waals surface area contributed by atoms with Gasteiger partial charge < -0.3 is 11.1 Å². The predicted octanol–water partition coefficient (Wildman–Crippen LogP) is 3.12. The molecular formula is C18H22N2O. The number of hydrogen-bond donors (Lipinski definition) is 2. The molecule has 1 aliphatic rings. The van der Waals surface area contributed by atoms with Gasteiger partial charge >= 0.3 is 0 Å². The first-order valence-electron chi connectivity index (χ1n) is 7.73. The average Bonchev–Trinajstić information content (AvgIpc) is 2.53. The van der Waals surface area contributed by atoms with Crippen molar-refractivity contribution in [3.05, 3.63) is 48.0 Å². The van der Waals surface area contributed by atoms with Crippen LogP contribution in [-0.4, -0.2) is 11.4 Å². The number of nitrogens with one attached hydrogen (secondary N) is 1. The molecule has 1 amide bonds. The smallest absolute Gasteiger partial charge is 0.240 e. The number of rotatable bonds is 3. The molecule has 0 aliphatic heterocycles. The maximum Gasteiger partial charge on any atom is 0.240 e. The van der Waals surface area contributed by atoms with E-state index in [1.807, 2.05) is 18.2 Å². The Morgan fingerprint density at radius 2 is 1.76 bits per heavy atom. The van der Waals surface area contributed by atoms with E-state index in [0.717, 1.165) is 31.2 Å². The van der Waals surface area contributed by atoms with Crippen LogP contribution in [0.5, 0.6) is 0 Å². The highest BCUT2D eigenvalue weighted by Gasteiger charge is 2.34. The van der Waals surface area contributed by atoms with Gasteiger partial charge in [0.2, 0.25) is 5.91 Å². The second-order valence-corrected chi connectivity index (χ2v) is 6.04. The van der Waals surface area contributed by atoms with Crippen LogP contribution in [-0.2, 0) is 11.3 Å². The zero-order chi connectivity index (χ0) is 14.7. The van der Waals surface area contributed by atoms with Crippen LogP contribution in [0.15, 0.2) is 42.5 Å². The third-order valence-corrected chi connectivity index (χ3v) is 4.52. The second kappa shape index (κ2) is 5.86. The zero-order valence-electron chi connectivity index (χ0n) is 12.3. The van der Waals surface area contributed by atoms with E-state index in [2.05, 4.69) is 29.6 Å². The Morgan fingerprint density at radius 3 is 2.57 bits per heavy atom. The summed E-state index contributed by atoms with van der Waals surface area (Å²) in [5.74, 6) is -0.00451. The highest BCUT2D eigenvalue weighted by molar-refractivity contribution is 5.88. The van der Waals surface area contributed by atoms with Gasteiger partial charge in [-0.2, -0.15) is 0 Å². The van der Waals surface area contributed by atoms with Crippen LogP contribution in [0.25, 0.3) is 10.8 Å². The van der Waals surface area contributed by atoms with E-state index in [1.54, 1.807) is 0 Å². The highest BCUT2D eigenvalue weighted by atomic mass is 16.2. The van der Waals surface area contributed by atoms with Gasteiger partial charge in [-0.3, -0.25) is 4.79 Å². The summed E-state index contributed by atoms with van der Waals surface area (Å²) >= 11 is 0. The minimum absolute atomic E-state index is 0.00451. The lowest BCUT2D eigenvalue weighted by Gasteiger charge is -2.31. The van der Waals surface area contributed by atoms with E-state index in [4.69, 9.17) is 5.73 Å². The SMILES string of the molecule is NC1(C(=O)NCc2cccc3ccccc23)CCCCC1. The van der Waals surface area contributed by atoms with Gasteiger partial charge in [0.1, 0.15) is 0 Å². The lowest BCUT2D eigenvalue weighted by atomic mass is 9.82. The van der Waals surface area contributed by atoms with Gasteiger partial charge in [0.25, 0.3) is 0 Å². The van der Waals surface area contributed by atoms with Gasteiger partial charge in [0.05, 0.1) is 5.54 Å². The number of hydrogen-bond acceptors (Lipinski definition) is 2. The van der Waals surface area contributed by atoms with Crippen molar-refractivity contribution in [2.24, 2.45) is 5.73 Å². The fourth-order valence-corrected chi connectivity index (χ4v) is 3.21. The van der Waals surface area contributed by atoms with Crippen molar-refractivity contribution in [2.75, 3.05) is 0 Å². The molecule has 1 fully saturated rings. The summed E-state index contributed by atoms with van der Waals surface area (Å²) in [6.45, 7) is 0.541. The Bertz CT molecular complexity index is 639. The van der Waals surface area contributed by atoms with Crippen LogP contribution in [0.2, 0.25) is 0 Å². The van der Waals surface area contributed by atoms with Crippen LogP contribution >= 0.6 is 0 Å². The number of carbonyl (C=O) groups excluding carboxylic acids is 1. The first-order valence-corrected chi connectivity index (χ1v) is 7.73. The minimum atomic E-state index is -0.664. The summed E-state index contributed by atoms with van der Waals surface area (Å²) in [5, 5.41) is 5.43. The molecule has 3 N–H and O–H groups in total. The molecular weight excluding hydrogens is 260 g/mol. The molecule has 0 spiro atoms. The quantitative estimate of drug-likeness (QED) is 0.908. The molecule has 2 aromatic carbocycles. The Morgan fingerprint density at radius 1 is 1.05 bits per heavy atom. The normalized spacial score (nSPS) is 17.6. The summed E-state index contributed by atoms with van der Waals surface area (Å²) in [6, 6.07) is 14.4. The van der Waals surface area contributed by atoms with E-state index in [9.17, 15) is 4.79 Å². The molecule has 110 valence electrons. The lowest BCUT2D eigenvalue weighted by molar-refractivity contribution is -0.127. The monoisotopic (exact) mass is 282 g/mol. The molecule has 21 heavy (non-hydrogen) atoms. The Balaban J connectivity index is 1.73. The second-order valence-electron chi connectivity index (χ2n) is 6.04. The van der Waals surface area contributed by atoms with Gasteiger partial charge in [-0.15, -0.1) is 0 Å². The standard InChI is InChI=1S/C18H22N2O/c19-18(11-4-1-5-12-18)17(21)20-13-15-9-6-8-14-7-2-3-10-16(14)15/h2-3,6-10H,1,4-5,11-13,19H2,(H,20,21). The molecule has 2 aromatic rings. The third-order valence-electron chi connectivity index (χ3n) is 4.52. The van der Waals surface area contributed by atoms with Gasteiger partial charge in [-0.1, -0.05) is 61.7 Å². The third kappa shape index (κ3) is 2.93.